The van der Waals surface area contributed by atoms with E-state index in [4.69, 9.17) is 14.2 Å². The number of hydrogen-bond acceptors (Lipinski definition) is 6. The molecule has 1 amide bonds. The van der Waals surface area contributed by atoms with Gasteiger partial charge in [-0.05, 0) is 36.2 Å². The number of nitrogens with zero attached hydrogens (tertiary/aromatic N) is 1. The average Bonchev–Trinajstić information content (AvgIpc) is 2.75. The smallest absolute Gasteiger partial charge is 0.338 e. The third kappa shape index (κ3) is 5.23. The largest absolute Gasteiger partial charge is 0.493 e. The van der Waals surface area contributed by atoms with E-state index < -0.39 is 5.97 Å². The molecule has 0 saturated carbocycles. The molecular weight excluding hydrogens is 390 g/mol. The van der Waals surface area contributed by atoms with E-state index in [2.05, 4.69) is 13.8 Å². The summed E-state index contributed by atoms with van der Waals surface area (Å²) in [6, 6.07) is 12.6. The molecule has 2 aromatic carbocycles. The number of fused-ring (bicyclic) bond motifs is 1. The molecule has 0 saturated heterocycles. The first-order chi connectivity index (χ1) is 14.0. The van der Waals surface area contributed by atoms with Crippen molar-refractivity contribution in [3.63, 3.8) is 0 Å². The Hall–Kier alpha value is -2.67. The van der Waals surface area contributed by atoms with Crippen LogP contribution >= 0.6 is 11.8 Å². The van der Waals surface area contributed by atoms with Crippen LogP contribution in [-0.2, 0) is 9.53 Å². The number of esters is 1. The van der Waals surface area contributed by atoms with Crippen LogP contribution < -0.4 is 14.4 Å². The fourth-order valence-electron chi connectivity index (χ4n) is 2.89. The minimum atomic E-state index is -0.577. The van der Waals surface area contributed by atoms with Gasteiger partial charge in [-0.25, -0.2) is 4.79 Å². The molecule has 0 aliphatic carbocycles. The van der Waals surface area contributed by atoms with Crippen molar-refractivity contribution in [2.75, 3.05) is 37.5 Å². The molecule has 0 radical (unpaired) electrons. The maximum absolute atomic E-state index is 12.6. The van der Waals surface area contributed by atoms with Gasteiger partial charge in [-0.15, -0.1) is 11.8 Å². The van der Waals surface area contributed by atoms with E-state index >= 15 is 0 Å². The first-order valence-corrected chi connectivity index (χ1v) is 10.5. The zero-order chi connectivity index (χ0) is 20.8. The minimum Gasteiger partial charge on any atom is -0.493 e. The van der Waals surface area contributed by atoms with Crippen LogP contribution in [-0.4, -0.2) is 44.5 Å². The quantitative estimate of drug-likeness (QED) is 0.637. The van der Waals surface area contributed by atoms with E-state index in [1.165, 1.54) is 7.11 Å². The second-order valence-electron chi connectivity index (χ2n) is 7.01. The van der Waals surface area contributed by atoms with Crippen molar-refractivity contribution in [3.8, 4) is 11.5 Å². The molecule has 1 aliphatic rings. The lowest BCUT2D eigenvalue weighted by Crippen LogP contribution is -2.38. The number of anilines is 1. The van der Waals surface area contributed by atoms with Crippen LogP contribution in [0.2, 0.25) is 0 Å². The van der Waals surface area contributed by atoms with E-state index in [0.29, 0.717) is 36.1 Å². The predicted molar refractivity (Wildman–Crippen MR) is 113 cm³/mol. The minimum absolute atomic E-state index is 0.241. The topological polar surface area (TPSA) is 65.1 Å². The summed E-state index contributed by atoms with van der Waals surface area (Å²) in [5, 5.41) is 0. The average molecular weight is 416 g/mol. The zero-order valence-electron chi connectivity index (χ0n) is 16.8. The molecule has 0 bridgehead atoms. The molecule has 154 valence electrons. The van der Waals surface area contributed by atoms with E-state index in [-0.39, 0.29) is 12.5 Å². The molecule has 0 N–H and O–H groups in total. The van der Waals surface area contributed by atoms with Crippen molar-refractivity contribution in [3.05, 3.63) is 48.0 Å². The van der Waals surface area contributed by atoms with Crippen LogP contribution in [0.15, 0.2) is 47.4 Å². The normalized spacial score (nSPS) is 13.0. The van der Waals surface area contributed by atoms with Gasteiger partial charge in [-0.2, -0.15) is 0 Å². The van der Waals surface area contributed by atoms with E-state index in [1.807, 2.05) is 24.3 Å². The molecule has 0 spiro atoms. The molecule has 0 aromatic heterocycles. The first kappa shape index (κ1) is 21.0. The Morgan fingerprint density at radius 3 is 2.69 bits per heavy atom. The molecule has 1 aliphatic heterocycles. The highest BCUT2D eigenvalue weighted by Gasteiger charge is 2.24. The summed E-state index contributed by atoms with van der Waals surface area (Å²) in [6.07, 6.45) is 0. The van der Waals surface area contributed by atoms with Crippen LogP contribution in [0.1, 0.15) is 24.2 Å². The van der Waals surface area contributed by atoms with Gasteiger partial charge in [0.15, 0.2) is 18.1 Å². The Balaban J connectivity index is 1.63. The number of carbonyl (C=O) groups is 2. The molecule has 1 heterocycles. The number of para-hydroxylation sites is 1. The molecular formula is C22H25NO5S. The predicted octanol–water partition coefficient (Wildman–Crippen LogP) is 4.03. The molecule has 0 atom stereocenters. The SMILES string of the molecule is COc1cc(C(=O)OCC(=O)N2CCSc3ccccc32)ccc1OCC(C)C. The number of amides is 1. The molecule has 7 heteroatoms. The lowest BCUT2D eigenvalue weighted by Gasteiger charge is -2.28. The number of ether oxygens (including phenoxy) is 3. The monoisotopic (exact) mass is 415 g/mol. The van der Waals surface area contributed by atoms with Crippen LogP contribution in [0.4, 0.5) is 5.69 Å². The summed E-state index contributed by atoms with van der Waals surface area (Å²) in [5.41, 5.74) is 1.17. The Bertz CT molecular complexity index is 883. The van der Waals surface area contributed by atoms with Crippen molar-refractivity contribution < 1.29 is 23.8 Å². The number of thioether (sulfide) groups is 1. The van der Waals surface area contributed by atoms with Gasteiger partial charge < -0.3 is 19.1 Å². The fourth-order valence-corrected chi connectivity index (χ4v) is 3.88. The van der Waals surface area contributed by atoms with Crippen molar-refractivity contribution >= 4 is 29.3 Å². The maximum atomic E-state index is 12.6. The third-order valence-electron chi connectivity index (χ3n) is 4.33. The van der Waals surface area contributed by atoms with Crippen LogP contribution in [0, 0.1) is 5.92 Å². The summed E-state index contributed by atoms with van der Waals surface area (Å²) in [5.74, 6) is 1.38. The Morgan fingerprint density at radius 1 is 1.14 bits per heavy atom. The molecule has 0 unspecified atom stereocenters. The van der Waals surface area contributed by atoms with Crippen molar-refractivity contribution in [1.82, 2.24) is 0 Å². The van der Waals surface area contributed by atoms with Crippen molar-refractivity contribution in [2.24, 2.45) is 5.92 Å². The number of benzene rings is 2. The third-order valence-corrected chi connectivity index (χ3v) is 5.37. The van der Waals surface area contributed by atoms with Gasteiger partial charge in [0, 0.05) is 17.2 Å². The van der Waals surface area contributed by atoms with E-state index in [9.17, 15) is 9.59 Å². The van der Waals surface area contributed by atoms with Crippen molar-refractivity contribution in [2.45, 2.75) is 18.7 Å². The Labute approximate surface area is 175 Å². The summed E-state index contributed by atoms with van der Waals surface area (Å²) < 4.78 is 16.3. The summed E-state index contributed by atoms with van der Waals surface area (Å²) >= 11 is 1.71. The summed E-state index contributed by atoms with van der Waals surface area (Å²) in [4.78, 5) is 27.8. The van der Waals surface area contributed by atoms with Gasteiger partial charge in [0.25, 0.3) is 5.91 Å². The maximum Gasteiger partial charge on any atom is 0.338 e. The van der Waals surface area contributed by atoms with Gasteiger partial charge in [-0.1, -0.05) is 26.0 Å². The van der Waals surface area contributed by atoms with Gasteiger partial charge >= 0.3 is 5.97 Å². The highest BCUT2D eigenvalue weighted by Crippen LogP contribution is 2.34. The van der Waals surface area contributed by atoms with Gasteiger partial charge in [0.1, 0.15) is 0 Å². The highest BCUT2D eigenvalue weighted by atomic mass is 32.2. The number of carbonyl (C=O) groups excluding carboxylic acids is 2. The number of methoxy groups -OCH3 is 1. The lowest BCUT2D eigenvalue weighted by molar-refractivity contribution is -0.121. The number of hydrogen-bond donors (Lipinski definition) is 0. The molecule has 3 rings (SSSR count). The van der Waals surface area contributed by atoms with Crippen LogP contribution in [0.25, 0.3) is 0 Å². The molecule has 2 aromatic rings. The number of rotatable bonds is 7. The Kier molecular flexibility index (Phi) is 7.04. The van der Waals surface area contributed by atoms with E-state index in [0.717, 1.165) is 16.3 Å². The van der Waals surface area contributed by atoms with Crippen molar-refractivity contribution in [1.29, 1.82) is 0 Å². The standard InChI is InChI=1S/C22H25NO5S/c1-15(2)13-27-18-9-8-16(12-19(18)26-3)22(25)28-14-21(24)23-10-11-29-20-7-5-4-6-17(20)23/h4-9,12,15H,10-11,13-14H2,1-3H3. The first-order valence-electron chi connectivity index (χ1n) is 9.49. The molecule has 0 fully saturated rings. The summed E-state index contributed by atoms with van der Waals surface area (Å²) in [6.45, 7) is 4.92. The van der Waals surface area contributed by atoms with Gasteiger partial charge in [0.2, 0.25) is 0 Å². The van der Waals surface area contributed by atoms with E-state index in [1.54, 1.807) is 34.9 Å². The summed E-state index contributed by atoms with van der Waals surface area (Å²) in [7, 11) is 1.52. The Morgan fingerprint density at radius 2 is 1.93 bits per heavy atom. The van der Waals surface area contributed by atoms with Crippen LogP contribution in [0.5, 0.6) is 11.5 Å². The van der Waals surface area contributed by atoms with Crippen LogP contribution in [0.3, 0.4) is 0 Å². The fraction of sp³-hybridized carbons (Fsp3) is 0.364. The second-order valence-corrected chi connectivity index (χ2v) is 8.14. The van der Waals surface area contributed by atoms with Gasteiger partial charge in [0.05, 0.1) is 25.0 Å². The highest BCUT2D eigenvalue weighted by molar-refractivity contribution is 7.99. The zero-order valence-corrected chi connectivity index (χ0v) is 17.7. The lowest BCUT2D eigenvalue weighted by atomic mass is 10.2. The molecule has 29 heavy (non-hydrogen) atoms. The second kappa shape index (κ2) is 9.69. The van der Waals surface area contributed by atoms with Gasteiger partial charge in [-0.3, -0.25) is 4.79 Å². The molecule has 6 nitrogen and oxygen atoms in total.